The van der Waals surface area contributed by atoms with E-state index in [0.717, 1.165) is 36.4 Å². The van der Waals surface area contributed by atoms with Gasteiger partial charge in [-0.3, -0.25) is 4.79 Å². The van der Waals surface area contributed by atoms with Crippen molar-refractivity contribution >= 4 is 11.6 Å². The van der Waals surface area contributed by atoms with Gasteiger partial charge in [0.2, 0.25) is 0 Å². The molecule has 1 aliphatic carbocycles. The molecule has 5 rings (SSSR count). The summed E-state index contributed by atoms with van der Waals surface area (Å²) in [7, 11) is 1.97. The molecule has 1 aliphatic rings. The van der Waals surface area contributed by atoms with Crippen molar-refractivity contribution in [1.82, 2.24) is 14.9 Å². The van der Waals surface area contributed by atoms with Gasteiger partial charge in [0, 0.05) is 36.7 Å². The van der Waals surface area contributed by atoms with Crippen molar-refractivity contribution in [2.75, 3.05) is 5.32 Å². The van der Waals surface area contributed by atoms with Crippen molar-refractivity contribution in [3.8, 4) is 11.1 Å². The van der Waals surface area contributed by atoms with E-state index in [1.54, 1.807) is 18.3 Å². The van der Waals surface area contributed by atoms with Crippen molar-refractivity contribution in [3.63, 3.8) is 0 Å². The maximum absolute atomic E-state index is 13.3. The fraction of sp³-hybridized carbons (Fsp3) is 0.241. The van der Waals surface area contributed by atoms with E-state index in [2.05, 4.69) is 15.6 Å². The molecule has 190 valence electrons. The SMILES string of the molecule is Cc1cccc(C(=O)Nc2ccc3c(c2)C[C@@H](NCc2nccn2C)C3)c1-c1ccc(C(F)(F)F)cc1. The Kier molecular flexibility index (Phi) is 6.60. The Labute approximate surface area is 213 Å². The Morgan fingerprint density at radius 1 is 1.05 bits per heavy atom. The van der Waals surface area contributed by atoms with Gasteiger partial charge in [0.05, 0.1) is 12.1 Å². The lowest BCUT2D eigenvalue weighted by atomic mass is 9.93. The van der Waals surface area contributed by atoms with E-state index in [-0.39, 0.29) is 5.91 Å². The smallest absolute Gasteiger partial charge is 0.337 e. The Hall–Kier alpha value is -3.91. The molecule has 1 aromatic heterocycles. The highest BCUT2D eigenvalue weighted by atomic mass is 19.4. The minimum Gasteiger partial charge on any atom is -0.337 e. The van der Waals surface area contributed by atoms with Crippen LogP contribution in [0.15, 0.2) is 73.1 Å². The molecule has 8 heteroatoms. The second-order valence-electron chi connectivity index (χ2n) is 9.45. The summed E-state index contributed by atoms with van der Waals surface area (Å²) in [6.45, 7) is 2.53. The van der Waals surface area contributed by atoms with E-state index in [1.165, 1.54) is 23.3 Å². The molecule has 0 bridgehead atoms. The first-order valence-electron chi connectivity index (χ1n) is 12.1. The number of alkyl halides is 3. The van der Waals surface area contributed by atoms with Crippen molar-refractivity contribution in [1.29, 1.82) is 0 Å². The number of amides is 1. The number of anilines is 1. The van der Waals surface area contributed by atoms with Crippen LogP contribution in [0, 0.1) is 6.92 Å². The van der Waals surface area contributed by atoms with E-state index >= 15 is 0 Å². The van der Waals surface area contributed by atoms with Gasteiger partial charge < -0.3 is 15.2 Å². The predicted octanol–water partition coefficient (Wildman–Crippen LogP) is 5.92. The minimum absolute atomic E-state index is 0.292. The molecule has 5 nitrogen and oxygen atoms in total. The molecule has 1 atom stereocenters. The molecule has 4 aromatic rings. The van der Waals surface area contributed by atoms with Gasteiger partial charge in [0.1, 0.15) is 5.82 Å². The molecule has 0 saturated carbocycles. The summed E-state index contributed by atoms with van der Waals surface area (Å²) in [5.41, 5.74) is 4.80. The summed E-state index contributed by atoms with van der Waals surface area (Å²) in [6.07, 6.45) is 1.05. The third-order valence-corrected chi connectivity index (χ3v) is 6.88. The maximum Gasteiger partial charge on any atom is 0.416 e. The highest BCUT2D eigenvalue weighted by Crippen LogP contribution is 2.34. The summed E-state index contributed by atoms with van der Waals surface area (Å²) in [6, 6.07) is 16.5. The molecule has 3 aromatic carbocycles. The molecule has 0 fully saturated rings. The first-order chi connectivity index (χ1) is 17.7. The molecular formula is C29H27F3N4O. The molecule has 0 spiro atoms. The number of nitrogens with one attached hydrogen (secondary N) is 2. The average molecular weight is 505 g/mol. The van der Waals surface area contributed by atoms with Gasteiger partial charge in [0.15, 0.2) is 0 Å². The van der Waals surface area contributed by atoms with Crippen LogP contribution < -0.4 is 10.6 Å². The van der Waals surface area contributed by atoms with Crippen LogP contribution in [-0.2, 0) is 32.6 Å². The van der Waals surface area contributed by atoms with E-state index in [0.29, 0.717) is 35.0 Å². The number of rotatable bonds is 6. The van der Waals surface area contributed by atoms with E-state index in [1.807, 2.05) is 49.0 Å². The highest BCUT2D eigenvalue weighted by Gasteiger charge is 2.30. The number of nitrogens with zero attached hydrogens (tertiary/aromatic N) is 2. The summed E-state index contributed by atoms with van der Waals surface area (Å²) >= 11 is 0. The molecule has 0 radical (unpaired) electrons. The zero-order valence-corrected chi connectivity index (χ0v) is 20.6. The van der Waals surface area contributed by atoms with Gasteiger partial charge in [-0.2, -0.15) is 13.2 Å². The molecular weight excluding hydrogens is 477 g/mol. The number of imidazole rings is 1. The monoisotopic (exact) mass is 504 g/mol. The lowest BCUT2D eigenvalue weighted by molar-refractivity contribution is -0.137. The molecule has 37 heavy (non-hydrogen) atoms. The average Bonchev–Trinajstić information content (AvgIpc) is 3.47. The summed E-state index contributed by atoms with van der Waals surface area (Å²) in [5, 5.41) is 6.55. The number of benzene rings is 3. The summed E-state index contributed by atoms with van der Waals surface area (Å²) in [4.78, 5) is 17.7. The molecule has 0 unspecified atom stereocenters. The molecule has 1 heterocycles. The fourth-order valence-electron chi connectivity index (χ4n) is 4.91. The van der Waals surface area contributed by atoms with Gasteiger partial charge in [-0.1, -0.05) is 30.3 Å². The van der Waals surface area contributed by atoms with Crippen molar-refractivity contribution in [3.05, 3.63) is 107 Å². The molecule has 1 amide bonds. The second kappa shape index (κ2) is 9.86. The summed E-state index contributed by atoms with van der Waals surface area (Å²) < 4.78 is 41.1. The summed E-state index contributed by atoms with van der Waals surface area (Å²) in [5.74, 6) is 0.673. The van der Waals surface area contributed by atoms with Crippen LogP contribution >= 0.6 is 0 Å². The number of aryl methyl sites for hydroxylation is 2. The Morgan fingerprint density at radius 2 is 1.81 bits per heavy atom. The number of carbonyl (C=O) groups excluding carboxylic acids is 1. The van der Waals surface area contributed by atoms with Gasteiger partial charge in [0.25, 0.3) is 5.91 Å². The predicted molar refractivity (Wildman–Crippen MR) is 137 cm³/mol. The minimum atomic E-state index is -4.41. The first kappa shape index (κ1) is 24.8. The van der Waals surface area contributed by atoms with Crippen LogP contribution in [-0.4, -0.2) is 21.5 Å². The molecule has 2 N–H and O–H groups in total. The Bertz CT molecular complexity index is 1440. The van der Waals surface area contributed by atoms with Crippen molar-refractivity contribution in [2.45, 2.75) is 38.5 Å². The number of halogens is 3. The van der Waals surface area contributed by atoms with Crippen LogP contribution in [0.25, 0.3) is 11.1 Å². The lowest BCUT2D eigenvalue weighted by Gasteiger charge is -2.15. The van der Waals surface area contributed by atoms with Crippen LogP contribution in [0.4, 0.5) is 18.9 Å². The van der Waals surface area contributed by atoms with Gasteiger partial charge in [-0.05, 0) is 77.9 Å². The zero-order chi connectivity index (χ0) is 26.2. The standard InChI is InChI=1S/C29H27F3N4O/c1-18-4-3-5-25(27(18)19-6-9-22(10-7-19)29(30,31)32)28(37)35-23-11-8-20-14-24(16-21(20)15-23)34-17-26-33-12-13-36(26)2/h3-13,15,24,34H,14,16-17H2,1-2H3,(H,35,37)/t24-/m0/s1. The third kappa shape index (κ3) is 5.29. The van der Waals surface area contributed by atoms with Crippen molar-refractivity contribution in [2.24, 2.45) is 7.05 Å². The van der Waals surface area contributed by atoms with Crippen LogP contribution in [0.3, 0.4) is 0 Å². The first-order valence-corrected chi connectivity index (χ1v) is 12.1. The van der Waals surface area contributed by atoms with Crippen LogP contribution in [0.5, 0.6) is 0 Å². The largest absolute Gasteiger partial charge is 0.416 e. The van der Waals surface area contributed by atoms with Gasteiger partial charge in [-0.25, -0.2) is 4.98 Å². The second-order valence-corrected chi connectivity index (χ2v) is 9.45. The topological polar surface area (TPSA) is 59.0 Å². The fourth-order valence-corrected chi connectivity index (χ4v) is 4.91. The van der Waals surface area contributed by atoms with E-state index in [4.69, 9.17) is 0 Å². The normalized spacial score (nSPS) is 15.0. The Morgan fingerprint density at radius 3 is 2.51 bits per heavy atom. The third-order valence-electron chi connectivity index (χ3n) is 6.88. The molecule has 0 saturated heterocycles. The number of hydrogen-bond acceptors (Lipinski definition) is 3. The van der Waals surface area contributed by atoms with Crippen LogP contribution in [0.1, 0.15) is 38.4 Å². The number of carbonyl (C=O) groups is 1. The van der Waals surface area contributed by atoms with Crippen molar-refractivity contribution < 1.29 is 18.0 Å². The maximum atomic E-state index is 13.3. The zero-order valence-electron chi connectivity index (χ0n) is 20.6. The van der Waals surface area contributed by atoms with Crippen LogP contribution in [0.2, 0.25) is 0 Å². The number of aromatic nitrogens is 2. The van der Waals surface area contributed by atoms with E-state index in [9.17, 15) is 18.0 Å². The Balaban J connectivity index is 1.31. The molecule has 0 aliphatic heterocycles. The quantitative estimate of drug-likeness (QED) is 0.343. The van der Waals surface area contributed by atoms with Gasteiger partial charge in [-0.15, -0.1) is 0 Å². The lowest BCUT2D eigenvalue weighted by Crippen LogP contribution is -2.30. The number of fused-ring (bicyclic) bond motifs is 1. The highest BCUT2D eigenvalue weighted by molar-refractivity contribution is 6.09. The van der Waals surface area contributed by atoms with E-state index < -0.39 is 11.7 Å². The van der Waals surface area contributed by atoms with Gasteiger partial charge >= 0.3 is 6.18 Å². The number of hydrogen-bond donors (Lipinski definition) is 2.